The lowest BCUT2D eigenvalue weighted by Gasteiger charge is -2.34. The van der Waals surface area contributed by atoms with Crippen LogP contribution in [0.25, 0.3) is 11.0 Å². The molecule has 3 heterocycles. The van der Waals surface area contributed by atoms with E-state index in [-0.39, 0.29) is 36.2 Å². The molecule has 2 fully saturated rings. The van der Waals surface area contributed by atoms with E-state index < -0.39 is 53.1 Å². The van der Waals surface area contributed by atoms with Crippen molar-refractivity contribution < 1.29 is 41.8 Å². The zero-order valence-electron chi connectivity index (χ0n) is 25.8. The van der Waals surface area contributed by atoms with Crippen LogP contribution >= 0.6 is 0 Å². The fourth-order valence-electron chi connectivity index (χ4n) is 6.47. The molecule has 1 saturated heterocycles. The molecule has 0 unspecified atom stereocenters. The second kappa shape index (κ2) is 11.8. The molecule has 44 heavy (non-hydrogen) atoms. The summed E-state index contributed by atoms with van der Waals surface area (Å²) >= 11 is 0. The number of ether oxygens (including phenoxy) is 3. The fraction of sp³-hybridized carbons (Fsp3) is 0.656. The van der Waals surface area contributed by atoms with E-state index >= 15 is 0 Å². The SMILES string of the molecule is C[C@@H]1[C@@H]2CN(C(=O)[C@H](C(C)(C)C)CC(=O)O[C@]3(C)C[C@H]3CCCCCc3nc4ccc(OC(F)(F)F)cc4nc3O2)[C@@H]1C=O. The van der Waals surface area contributed by atoms with Crippen LogP contribution in [0.3, 0.4) is 0 Å². The number of aryl methyl sites for hydroxylation is 1. The number of amides is 1. The molecule has 12 heteroatoms. The summed E-state index contributed by atoms with van der Waals surface area (Å²) < 4.78 is 55.0. The van der Waals surface area contributed by atoms with Gasteiger partial charge in [0, 0.05) is 17.9 Å². The van der Waals surface area contributed by atoms with Gasteiger partial charge in [-0.2, -0.15) is 0 Å². The highest BCUT2D eigenvalue weighted by molar-refractivity contribution is 5.87. The Morgan fingerprint density at radius 3 is 2.52 bits per heavy atom. The van der Waals surface area contributed by atoms with E-state index in [0.29, 0.717) is 17.6 Å². The first kappa shape index (κ1) is 32.0. The molecule has 0 spiro atoms. The van der Waals surface area contributed by atoms with Gasteiger partial charge in [0.25, 0.3) is 0 Å². The number of carbonyl (C=O) groups is 3. The number of hydrogen-bond acceptors (Lipinski definition) is 8. The van der Waals surface area contributed by atoms with Gasteiger partial charge in [-0.05, 0) is 50.2 Å². The third-order valence-electron chi connectivity index (χ3n) is 9.33. The van der Waals surface area contributed by atoms with Gasteiger partial charge < -0.3 is 23.9 Å². The van der Waals surface area contributed by atoms with Crippen LogP contribution in [0.4, 0.5) is 13.2 Å². The average molecular weight is 620 g/mol. The molecule has 2 bridgehead atoms. The molecule has 1 aliphatic carbocycles. The van der Waals surface area contributed by atoms with Crippen LogP contribution in [-0.2, 0) is 25.5 Å². The first-order valence-corrected chi connectivity index (χ1v) is 15.3. The molecule has 0 N–H and O–H groups in total. The standard InChI is InChI=1S/C32H40F3N3O6/c1-18-25(17-39)38-16-26(18)42-28-23(36-22-12-11-20(13-24(22)37-28)43-32(33,34)35)10-8-6-7-9-19-15-31(19,5)44-27(40)14-21(29(38)41)30(2,3)4/h11-13,17-19,21,25-26H,6-10,14-16H2,1-5H3/t18-,19+,21+,25+,26-,31+/m0/s1. The number of benzene rings is 1. The van der Waals surface area contributed by atoms with Crippen molar-refractivity contribution in [3.8, 4) is 11.6 Å². The Morgan fingerprint density at radius 1 is 1.09 bits per heavy atom. The largest absolute Gasteiger partial charge is 0.573 e. The summed E-state index contributed by atoms with van der Waals surface area (Å²) in [6.07, 6.45) is -0.121. The second-order valence-electron chi connectivity index (χ2n) is 13.7. The molecule has 1 amide bonds. The van der Waals surface area contributed by atoms with Crippen LogP contribution in [0.1, 0.15) is 78.8 Å². The number of nitrogens with zero attached hydrogens (tertiary/aromatic N) is 3. The molecule has 1 aromatic heterocycles. The van der Waals surface area contributed by atoms with E-state index in [1.54, 1.807) is 6.92 Å². The molecule has 1 aromatic carbocycles. The Hall–Kier alpha value is -3.44. The maximum absolute atomic E-state index is 14.0. The molecule has 1 saturated carbocycles. The van der Waals surface area contributed by atoms with E-state index in [1.165, 1.54) is 17.0 Å². The maximum atomic E-state index is 14.0. The van der Waals surface area contributed by atoms with Gasteiger partial charge in [-0.1, -0.05) is 40.5 Å². The first-order valence-electron chi connectivity index (χ1n) is 15.3. The van der Waals surface area contributed by atoms with Crippen molar-refractivity contribution in [1.29, 1.82) is 0 Å². The molecule has 6 atom stereocenters. The number of esters is 1. The van der Waals surface area contributed by atoms with Crippen LogP contribution in [0, 0.1) is 23.2 Å². The summed E-state index contributed by atoms with van der Waals surface area (Å²) in [5.74, 6) is -1.93. The van der Waals surface area contributed by atoms with Crippen LogP contribution in [0.5, 0.6) is 11.6 Å². The summed E-state index contributed by atoms with van der Waals surface area (Å²) in [4.78, 5) is 50.2. The molecule has 9 nitrogen and oxygen atoms in total. The Morgan fingerprint density at radius 2 is 1.84 bits per heavy atom. The Balaban J connectivity index is 1.50. The van der Waals surface area contributed by atoms with Crippen LogP contribution in [0.2, 0.25) is 0 Å². The van der Waals surface area contributed by atoms with Gasteiger partial charge in [-0.3, -0.25) is 9.59 Å². The number of hydrogen-bond donors (Lipinski definition) is 0. The maximum Gasteiger partial charge on any atom is 0.573 e. The molecular weight excluding hydrogens is 579 g/mol. The average Bonchev–Trinajstić information content (AvgIpc) is 3.44. The van der Waals surface area contributed by atoms with E-state index in [2.05, 4.69) is 9.72 Å². The molecule has 2 aromatic rings. The summed E-state index contributed by atoms with van der Waals surface area (Å²) in [6.45, 7) is 9.46. The van der Waals surface area contributed by atoms with Crippen LogP contribution in [-0.4, -0.2) is 63.7 Å². The molecule has 240 valence electrons. The smallest absolute Gasteiger partial charge is 0.471 e. The van der Waals surface area contributed by atoms with Crippen molar-refractivity contribution in [3.63, 3.8) is 0 Å². The van der Waals surface area contributed by atoms with Crippen LogP contribution in [0.15, 0.2) is 18.2 Å². The van der Waals surface area contributed by atoms with Gasteiger partial charge >= 0.3 is 12.3 Å². The van der Waals surface area contributed by atoms with Gasteiger partial charge in [0.05, 0.1) is 36.0 Å². The molecular formula is C32H40F3N3O6. The number of aromatic nitrogens is 2. The lowest BCUT2D eigenvalue weighted by molar-refractivity contribution is -0.274. The minimum absolute atomic E-state index is 0.0706. The monoisotopic (exact) mass is 619 g/mol. The Bertz CT molecular complexity index is 1430. The normalized spacial score (nSPS) is 30.4. The second-order valence-corrected chi connectivity index (χ2v) is 13.7. The highest BCUT2D eigenvalue weighted by Gasteiger charge is 2.54. The van der Waals surface area contributed by atoms with Crippen molar-refractivity contribution in [2.24, 2.45) is 23.2 Å². The van der Waals surface area contributed by atoms with Gasteiger partial charge in [-0.25, -0.2) is 9.97 Å². The Kier molecular flexibility index (Phi) is 8.58. The summed E-state index contributed by atoms with van der Waals surface area (Å²) in [5, 5.41) is 0. The van der Waals surface area contributed by atoms with Crippen molar-refractivity contribution in [2.45, 2.75) is 104 Å². The predicted molar refractivity (Wildman–Crippen MR) is 154 cm³/mol. The first-order chi connectivity index (χ1) is 20.6. The van der Waals surface area contributed by atoms with E-state index in [0.717, 1.165) is 44.5 Å². The van der Waals surface area contributed by atoms with Crippen molar-refractivity contribution >= 4 is 29.2 Å². The summed E-state index contributed by atoms with van der Waals surface area (Å²) in [6, 6.07) is 2.98. The highest BCUT2D eigenvalue weighted by atomic mass is 19.4. The third-order valence-corrected chi connectivity index (χ3v) is 9.33. The van der Waals surface area contributed by atoms with Crippen molar-refractivity contribution in [1.82, 2.24) is 14.9 Å². The minimum Gasteiger partial charge on any atom is -0.471 e. The van der Waals surface area contributed by atoms with Gasteiger partial charge in [0.15, 0.2) is 0 Å². The molecule has 5 rings (SSSR count). The minimum atomic E-state index is -4.86. The van der Waals surface area contributed by atoms with E-state index in [4.69, 9.17) is 14.5 Å². The third kappa shape index (κ3) is 6.94. The number of halogens is 3. The Labute approximate surface area is 254 Å². The molecule has 3 aliphatic rings. The predicted octanol–water partition coefficient (Wildman–Crippen LogP) is 5.81. The van der Waals surface area contributed by atoms with E-state index in [1.807, 2.05) is 27.7 Å². The topological polar surface area (TPSA) is 108 Å². The lowest BCUT2D eigenvalue weighted by atomic mass is 9.77. The zero-order chi connectivity index (χ0) is 32.0. The van der Waals surface area contributed by atoms with Gasteiger partial charge in [0.2, 0.25) is 11.8 Å². The highest BCUT2D eigenvalue weighted by Crippen LogP contribution is 2.50. The fourth-order valence-corrected chi connectivity index (χ4v) is 6.47. The summed E-state index contributed by atoms with van der Waals surface area (Å²) in [7, 11) is 0. The molecule has 0 radical (unpaired) electrons. The van der Waals surface area contributed by atoms with Crippen LogP contribution < -0.4 is 9.47 Å². The quantitative estimate of drug-likeness (QED) is 0.306. The number of fused-ring (bicyclic) bond motifs is 5. The number of rotatable bonds is 2. The molecule has 2 aliphatic heterocycles. The summed E-state index contributed by atoms with van der Waals surface area (Å²) in [5.41, 5.74) is -0.0111. The van der Waals surface area contributed by atoms with Gasteiger partial charge in [-0.15, -0.1) is 13.2 Å². The number of aldehydes is 1. The number of carbonyl (C=O) groups excluding carboxylic acids is 3. The van der Waals surface area contributed by atoms with Crippen molar-refractivity contribution in [2.75, 3.05) is 6.54 Å². The zero-order valence-corrected chi connectivity index (χ0v) is 25.8. The van der Waals surface area contributed by atoms with Gasteiger partial charge in [0.1, 0.15) is 29.4 Å². The van der Waals surface area contributed by atoms with E-state index in [9.17, 15) is 27.6 Å². The lowest BCUT2D eigenvalue weighted by Crippen LogP contribution is -2.46. The van der Waals surface area contributed by atoms with Crippen molar-refractivity contribution in [3.05, 3.63) is 23.9 Å². The number of alkyl halides is 3.